The van der Waals surface area contributed by atoms with Crippen LogP contribution in [-0.4, -0.2) is 26.8 Å². The zero-order valence-electron chi connectivity index (χ0n) is 12.4. The number of piperidine rings is 1. The molecule has 0 bridgehead atoms. The summed E-state index contributed by atoms with van der Waals surface area (Å²) in [6.45, 7) is 1.02. The molecule has 2 N–H and O–H groups in total. The number of fused-ring (bicyclic) bond motifs is 1. The summed E-state index contributed by atoms with van der Waals surface area (Å²) in [5, 5.41) is 3.40. The number of sulfonamides is 1. The minimum Gasteiger partial charge on any atom is -0.314 e. The first-order valence-corrected chi connectivity index (χ1v) is 9.63. The quantitative estimate of drug-likeness (QED) is 0.878. The van der Waals surface area contributed by atoms with Crippen molar-refractivity contribution in [2.24, 2.45) is 0 Å². The van der Waals surface area contributed by atoms with E-state index in [2.05, 4.69) is 16.1 Å². The van der Waals surface area contributed by atoms with Crippen LogP contribution in [0.4, 0.5) is 5.69 Å². The van der Waals surface area contributed by atoms with Crippen LogP contribution in [0.25, 0.3) is 0 Å². The third kappa shape index (κ3) is 3.98. The average Bonchev–Trinajstić information content (AvgIpc) is 2.93. The Morgan fingerprint density at radius 2 is 2.00 bits per heavy atom. The number of rotatable bonds is 5. The van der Waals surface area contributed by atoms with Gasteiger partial charge in [0.1, 0.15) is 0 Å². The molecule has 1 unspecified atom stereocenters. The number of aryl methyl sites for hydroxylation is 2. The lowest BCUT2D eigenvalue weighted by Crippen LogP contribution is -2.36. The van der Waals surface area contributed by atoms with Crippen molar-refractivity contribution < 1.29 is 8.42 Å². The fourth-order valence-electron chi connectivity index (χ4n) is 3.33. The predicted molar refractivity (Wildman–Crippen MR) is 86.1 cm³/mol. The van der Waals surface area contributed by atoms with Crippen LogP contribution in [0.5, 0.6) is 0 Å². The fraction of sp³-hybridized carbons (Fsp3) is 0.625. The van der Waals surface area contributed by atoms with Crippen LogP contribution < -0.4 is 10.0 Å². The molecule has 1 aromatic rings. The number of anilines is 1. The summed E-state index contributed by atoms with van der Waals surface area (Å²) in [5.41, 5.74) is 3.38. The molecule has 4 nitrogen and oxygen atoms in total. The van der Waals surface area contributed by atoms with Gasteiger partial charge in [0.15, 0.2) is 0 Å². The fourth-order valence-corrected chi connectivity index (χ4v) is 4.52. The molecule has 1 aromatic carbocycles. The van der Waals surface area contributed by atoms with Gasteiger partial charge >= 0.3 is 0 Å². The summed E-state index contributed by atoms with van der Waals surface area (Å²) in [5.74, 6) is 0.196. The Bertz CT molecular complexity index is 592. The van der Waals surface area contributed by atoms with Crippen LogP contribution in [0.2, 0.25) is 0 Å². The third-order valence-corrected chi connectivity index (χ3v) is 5.84. The van der Waals surface area contributed by atoms with Gasteiger partial charge in [-0.2, -0.15) is 0 Å². The molecular formula is C16H24N2O2S. The molecule has 0 amide bonds. The lowest BCUT2D eigenvalue weighted by molar-refractivity contribution is 0.393. The summed E-state index contributed by atoms with van der Waals surface area (Å²) in [6.07, 6.45) is 7.56. The van der Waals surface area contributed by atoms with E-state index in [0.717, 1.165) is 25.8 Å². The van der Waals surface area contributed by atoms with E-state index in [-0.39, 0.29) is 5.75 Å². The Kier molecular flexibility index (Phi) is 4.50. The second kappa shape index (κ2) is 6.36. The van der Waals surface area contributed by atoms with Crippen LogP contribution in [0.15, 0.2) is 18.2 Å². The van der Waals surface area contributed by atoms with Gasteiger partial charge in [0.2, 0.25) is 10.0 Å². The van der Waals surface area contributed by atoms with E-state index in [9.17, 15) is 8.42 Å². The smallest absolute Gasteiger partial charge is 0.232 e. The van der Waals surface area contributed by atoms with Crippen molar-refractivity contribution in [2.75, 3.05) is 17.0 Å². The molecule has 0 radical (unpaired) electrons. The number of nitrogens with one attached hydrogen (secondary N) is 2. The average molecular weight is 308 g/mol. The van der Waals surface area contributed by atoms with Gasteiger partial charge in [-0.25, -0.2) is 8.42 Å². The number of hydrogen-bond acceptors (Lipinski definition) is 3. The molecule has 1 heterocycles. The second-order valence-electron chi connectivity index (χ2n) is 6.19. The highest BCUT2D eigenvalue weighted by Crippen LogP contribution is 2.25. The van der Waals surface area contributed by atoms with Crippen molar-refractivity contribution in [1.29, 1.82) is 0 Å². The lowest BCUT2D eigenvalue weighted by Gasteiger charge is -2.23. The standard InChI is InChI=1S/C16H24N2O2S/c19-21(20,11-9-15-6-1-2-10-17-15)18-16-8-7-13-4-3-5-14(13)12-16/h7-8,12,15,17-18H,1-6,9-11H2. The van der Waals surface area contributed by atoms with Crippen molar-refractivity contribution in [3.05, 3.63) is 29.3 Å². The highest BCUT2D eigenvalue weighted by Gasteiger charge is 2.18. The van der Waals surface area contributed by atoms with Crippen molar-refractivity contribution in [2.45, 2.75) is 51.0 Å². The Labute approximate surface area is 127 Å². The van der Waals surface area contributed by atoms with Crippen LogP contribution >= 0.6 is 0 Å². The van der Waals surface area contributed by atoms with Crippen molar-refractivity contribution in [1.82, 2.24) is 5.32 Å². The predicted octanol–water partition coefficient (Wildman–Crippen LogP) is 2.45. The SMILES string of the molecule is O=S(=O)(CCC1CCCCN1)Nc1ccc2c(c1)CCC2. The third-order valence-electron chi connectivity index (χ3n) is 4.52. The molecule has 0 saturated carbocycles. The molecule has 116 valence electrons. The summed E-state index contributed by atoms with van der Waals surface area (Å²) < 4.78 is 27.1. The number of hydrogen-bond donors (Lipinski definition) is 2. The van der Waals surface area contributed by atoms with Gasteiger partial charge in [-0.15, -0.1) is 0 Å². The molecule has 3 rings (SSSR count). The molecular weight excluding hydrogens is 284 g/mol. The Morgan fingerprint density at radius 3 is 2.81 bits per heavy atom. The van der Waals surface area contributed by atoms with E-state index in [1.54, 1.807) is 0 Å². The maximum Gasteiger partial charge on any atom is 0.232 e. The van der Waals surface area contributed by atoms with E-state index in [1.807, 2.05) is 12.1 Å². The van der Waals surface area contributed by atoms with Crippen LogP contribution in [0, 0.1) is 0 Å². The van der Waals surface area contributed by atoms with Gasteiger partial charge in [-0.1, -0.05) is 12.5 Å². The first kappa shape index (κ1) is 14.9. The van der Waals surface area contributed by atoms with Crippen LogP contribution in [0.1, 0.15) is 43.2 Å². The van der Waals surface area contributed by atoms with Gasteiger partial charge in [0.25, 0.3) is 0 Å². The molecule has 0 spiro atoms. The van der Waals surface area contributed by atoms with Crippen LogP contribution in [0.3, 0.4) is 0 Å². The van der Waals surface area contributed by atoms with Gasteiger partial charge < -0.3 is 5.32 Å². The molecule has 5 heteroatoms. The number of benzene rings is 1. The maximum atomic E-state index is 12.2. The normalized spacial score (nSPS) is 22.0. The first-order valence-electron chi connectivity index (χ1n) is 7.98. The van der Waals surface area contributed by atoms with Crippen LogP contribution in [-0.2, 0) is 22.9 Å². The van der Waals surface area contributed by atoms with Crippen molar-refractivity contribution >= 4 is 15.7 Å². The zero-order chi connectivity index (χ0) is 14.7. The molecule has 0 aromatic heterocycles. The molecule has 1 aliphatic heterocycles. The van der Waals surface area contributed by atoms with Crippen molar-refractivity contribution in [3.8, 4) is 0 Å². The minimum absolute atomic E-state index is 0.196. The Hall–Kier alpha value is -1.07. The molecule has 1 atom stereocenters. The Morgan fingerprint density at radius 1 is 1.14 bits per heavy atom. The highest BCUT2D eigenvalue weighted by molar-refractivity contribution is 7.92. The van der Waals surface area contributed by atoms with E-state index >= 15 is 0 Å². The van der Waals surface area contributed by atoms with Crippen molar-refractivity contribution in [3.63, 3.8) is 0 Å². The summed E-state index contributed by atoms with van der Waals surface area (Å²) in [6, 6.07) is 6.30. The van der Waals surface area contributed by atoms with Gasteiger partial charge in [0, 0.05) is 11.7 Å². The Balaban J connectivity index is 1.57. The highest BCUT2D eigenvalue weighted by atomic mass is 32.2. The summed E-state index contributed by atoms with van der Waals surface area (Å²) >= 11 is 0. The van der Waals surface area contributed by atoms with E-state index in [0.29, 0.717) is 18.2 Å². The molecule has 1 aliphatic carbocycles. The topological polar surface area (TPSA) is 58.2 Å². The molecule has 1 saturated heterocycles. The molecule has 21 heavy (non-hydrogen) atoms. The largest absolute Gasteiger partial charge is 0.314 e. The van der Waals surface area contributed by atoms with Gasteiger partial charge in [-0.3, -0.25) is 4.72 Å². The molecule has 2 aliphatic rings. The maximum absolute atomic E-state index is 12.2. The van der Waals surface area contributed by atoms with Gasteiger partial charge in [0.05, 0.1) is 5.75 Å². The van der Waals surface area contributed by atoms with Gasteiger partial charge in [-0.05, 0) is 68.3 Å². The second-order valence-corrected chi connectivity index (χ2v) is 8.04. The monoisotopic (exact) mass is 308 g/mol. The van der Waals surface area contributed by atoms with E-state index in [1.165, 1.54) is 30.4 Å². The van der Waals surface area contributed by atoms with E-state index in [4.69, 9.17) is 0 Å². The zero-order valence-corrected chi connectivity index (χ0v) is 13.2. The molecule has 1 fully saturated rings. The summed E-state index contributed by atoms with van der Waals surface area (Å²) in [4.78, 5) is 0. The lowest BCUT2D eigenvalue weighted by atomic mass is 10.0. The summed E-state index contributed by atoms with van der Waals surface area (Å²) in [7, 11) is -3.24. The minimum atomic E-state index is -3.24. The first-order chi connectivity index (χ1) is 10.1. The van der Waals surface area contributed by atoms with E-state index < -0.39 is 10.0 Å².